The zero-order chi connectivity index (χ0) is 18.9. The first-order chi connectivity index (χ1) is 12.5. The van der Waals surface area contributed by atoms with Crippen LogP contribution in [0, 0.1) is 0 Å². The van der Waals surface area contributed by atoms with E-state index in [0.717, 1.165) is 0 Å². The lowest BCUT2D eigenvalue weighted by Crippen LogP contribution is -2.18. The molecule has 0 heterocycles. The van der Waals surface area contributed by atoms with E-state index in [1.54, 1.807) is 43.3 Å². The molecule has 0 saturated carbocycles. The molecule has 0 spiro atoms. The number of hydrogen-bond acceptors (Lipinski definition) is 5. The van der Waals surface area contributed by atoms with Crippen molar-refractivity contribution in [2.75, 3.05) is 13.2 Å². The van der Waals surface area contributed by atoms with Crippen molar-refractivity contribution in [3.8, 4) is 11.5 Å². The highest BCUT2D eigenvalue weighted by Gasteiger charge is 2.09. The van der Waals surface area contributed by atoms with Gasteiger partial charge >= 0.3 is 5.97 Å². The Morgan fingerprint density at radius 3 is 2.65 bits per heavy atom. The molecule has 0 bridgehead atoms. The molecule has 1 amide bonds. The number of benzene rings is 2. The van der Waals surface area contributed by atoms with Gasteiger partial charge in [0.2, 0.25) is 0 Å². The fourth-order valence-corrected chi connectivity index (χ4v) is 2.47. The SMILES string of the molecule is CCOc1cc(/C=N\NC(=O)c2ccccc2Br)ccc1OCC(=O)O. The van der Waals surface area contributed by atoms with Crippen LogP contribution in [-0.4, -0.2) is 36.4 Å². The number of hydrogen-bond donors (Lipinski definition) is 2. The summed E-state index contributed by atoms with van der Waals surface area (Å²) in [6.07, 6.45) is 1.46. The molecule has 2 aromatic carbocycles. The van der Waals surface area contributed by atoms with Crippen molar-refractivity contribution in [2.45, 2.75) is 6.92 Å². The van der Waals surface area contributed by atoms with Crippen molar-refractivity contribution in [2.24, 2.45) is 5.10 Å². The van der Waals surface area contributed by atoms with Gasteiger partial charge in [0, 0.05) is 4.47 Å². The first kappa shape index (κ1) is 19.5. The topological polar surface area (TPSA) is 97.2 Å². The Bertz CT molecular complexity index is 823. The molecule has 0 saturated heterocycles. The Labute approximate surface area is 158 Å². The molecular weight excluding hydrogens is 404 g/mol. The molecule has 2 aromatic rings. The maximum absolute atomic E-state index is 12.1. The fourth-order valence-electron chi connectivity index (χ4n) is 2.00. The van der Waals surface area contributed by atoms with E-state index in [1.807, 2.05) is 6.07 Å². The summed E-state index contributed by atoms with van der Waals surface area (Å²) < 4.78 is 11.3. The number of carbonyl (C=O) groups is 2. The Kier molecular flexibility index (Phi) is 7.16. The van der Waals surface area contributed by atoms with Crippen molar-refractivity contribution in [3.63, 3.8) is 0 Å². The number of hydrazone groups is 1. The van der Waals surface area contributed by atoms with Gasteiger partial charge in [-0.05, 0) is 58.7 Å². The first-order valence-electron chi connectivity index (χ1n) is 7.70. The number of nitrogens with zero attached hydrogens (tertiary/aromatic N) is 1. The van der Waals surface area contributed by atoms with Crippen LogP contribution in [0.15, 0.2) is 52.0 Å². The summed E-state index contributed by atoms with van der Waals surface area (Å²) >= 11 is 3.31. The summed E-state index contributed by atoms with van der Waals surface area (Å²) in [5.74, 6) is -0.702. The van der Waals surface area contributed by atoms with E-state index in [0.29, 0.717) is 33.7 Å². The Morgan fingerprint density at radius 1 is 1.19 bits per heavy atom. The molecule has 0 fully saturated rings. The van der Waals surface area contributed by atoms with Gasteiger partial charge in [-0.25, -0.2) is 10.2 Å². The lowest BCUT2D eigenvalue weighted by Gasteiger charge is -2.11. The molecule has 0 aliphatic rings. The maximum atomic E-state index is 12.1. The number of carboxylic acid groups (broad SMARTS) is 1. The standard InChI is InChI=1S/C18H17BrN2O5/c1-2-25-16-9-12(7-8-15(16)26-11-17(22)23)10-20-21-18(24)13-5-3-4-6-14(13)19/h3-10H,2,11H2,1H3,(H,21,24)(H,22,23)/b20-10-. The average Bonchev–Trinajstić information content (AvgIpc) is 2.61. The van der Waals surface area contributed by atoms with Crippen LogP contribution >= 0.6 is 15.9 Å². The van der Waals surface area contributed by atoms with Gasteiger partial charge in [0.25, 0.3) is 5.91 Å². The zero-order valence-electron chi connectivity index (χ0n) is 13.9. The number of rotatable bonds is 8. The monoisotopic (exact) mass is 420 g/mol. The molecule has 7 nitrogen and oxygen atoms in total. The molecule has 0 aromatic heterocycles. The Balaban J connectivity index is 2.07. The van der Waals surface area contributed by atoms with Crippen LogP contribution in [0.1, 0.15) is 22.8 Å². The van der Waals surface area contributed by atoms with Gasteiger partial charge in [0.15, 0.2) is 18.1 Å². The maximum Gasteiger partial charge on any atom is 0.341 e. The van der Waals surface area contributed by atoms with E-state index < -0.39 is 12.6 Å². The van der Waals surface area contributed by atoms with E-state index in [4.69, 9.17) is 14.6 Å². The van der Waals surface area contributed by atoms with E-state index >= 15 is 0 Å². The van der Waals surface area contributed by atoms with Crippen molar-refractivity contribution in [1.29, 1.82) is 0 Å². The number of aliphatic carboxylic acids is 1. The summed E-state index contributed by atoms with van der Waals surface area (Å²) in [4.78, 5) is 22.7. The summed E-state index contributed by atoms with van der Waals surface area (Å²) in [7, 11) is 0. The number of carboxylic acids is 1. The second kappa shape index (κ2) is 9.57. The molecule has 26 heavy (non-hydrogen) atoms. The molecule has 0 atom stereocenters. The van der Waals surface area contributed by atoms with Gasteiger partial charge in [-0.15, -0.1) is 0 Å². The molecule has 0 aliphatic carbocycles. The second-order valence-corrected chi connectivity index (χ2v) is 5.85. The first-order valence-corrected chi connectivity index (χ1v) is 8.50. The molecule has 0 unspecified atom stereocenters. The van der Waals surface area contributed by atoms with Gasteiger partial charge in [0.05, 0.1) is 18.4 Å². The molecule has 0 aliphatic heterocycles. The molecular formula is C18H17BrN2O5. The predicted molar refractivity (Wildman–Crippen MR) is 99.9 cm³/mol. The van der Waals surface area contributed by atoms with E-state index in [1.165, 1.54) is 6.21 Å². The molecule has 8 heteroatoms. The van der Waals surface area contributed by atoms with Gasteiger partial charge in [-0.1, -0.05) is 12.1 Å². The van der Waals surface area contributed by atoms with Gasteiger partial charge in [-0.2, -0.15) is 5.10 Å². The lowest BCUT2D eigenvalue weighted by atomic mass is 10.2. The summed E-state index contributed by atoms with van der Waals surface area (Å²) in [5, 5.41) is 12.6. The largest absolute Gasteiger partial charge is 0.490 e. The third-order valence-electron chi connectivity index (χ3n) is 3.12. The molecule has 136 valence electrons. The number of nitrogens with one attached hydrogen (secondary N) is 1. The molecule has 2 N–H and O–H groups in total. The number of halogens is 1. The zero-order valence-corrected chi connectivity index (χ0v) is 15.5. The fraction of sp³-hybridized carbons (Fsp3) is 0.167. The van der Waals surface area contributed by atoms with Crippen LogP contribution in [0.5, 0.6) is 11.5 Å². The minimum absolute atomic E-state index is 0.323. The summed E-state index contributed by atoms with van der Waals surface area (Å²) in [6.45, 7) is 1.73. The van der Waals surface area contributed by atoms with Gasteiger partial charge < -0.3 is 14.6 Å². The highest BCUT2D eigenvalue weighted by molar-refractivity contribution is 9.10. The number of carbonyl (C=O) groups excluding carboxylic acids is 1. The smallest absolute Gasteiger partial charge is 0.341 e. The normalized spacial score (nSPS) is 10.5. The average molecular weight is 421 g/mol. The highest BCUT2D eigenvalue weighted by atomic mass is 79.9. The van der Waals surface area contributed by atoms with E-state index in [2.05, 4.69) is 26.5 Å². The van der Waals surface area contributed by atoms with Gasteiger partial charge in [0.1, 0.15) is 0 Å². The summed E-state index contributed by atoms with van der Waals surface area (Å²) in [6, 6.07) is 11.9. The van der Waals surface area contributed by atoms with Crippen LogP contribution in [0.2, 0.25) is 0 Å². The van der Waals surface area contributed by atoms with E-state index in [9.17, 15) is 9.59 Å². The number of ether oxygens (including phenoxy) is 2. The Morgan fingerprint density at radius 2 is 1.96 bits per heavy atom. The van der Waals surface area contributed by atoms with E-state index in [-0.39, 0.29) is 5.91 Å². The lowest BCUT2D eigenvalue weighted by molar-refractivity contribution is -0.139. The minimum Gasteiger partial charge on any atom is -0.490 e. The summed E-state index contributed by atoms with van der Waals surface area (Å²) in [5.41, 5.74) is 3.57. The van der Waals surface area contributed by atoms with Crippen LogP contribution in [-0.2, 0) is 4.79 Å². The third kappa shape index (κ3) is 5.59. The van der Waals surface area contributed by atoms with Crippen molar-refractivity contribution < 1.29 is 24.2 Å². The minimum atomic E-state index is -1.08. The molecule has 0 radical (unpaired) electrons. The van der Waals surface area contributed by atoms with Gasteiger partial charge in [-0.3, -0.25) is 4.79 Å². The van der Waals surface area contributed by atoms with Crippen LogP contribution in [0.4, 0.5) is 0 Å². The molecule has 2 rings (SSSR count). The van der Waals surface area contributed by atoms with Crippen molar-refractivity contribution in [1.82, 2.24) is 5.43 Å². The van der Waals surface area contributed by atoms with Crippen molar-refractivity contribution in [3.05, 3.63) is 58.1 Å². The third-order valence-corrected chi connectivity index (χ3v) is 3.81. The van der Waals surface area contributed by atoms with Crippen LogP contribution in [0.25, 0.3) is 0 Å². The highest BCUT2D eigenvalue weighted by Crippen LogP contribution is 2.28. The van der Waals surface area contributed by atoms with Crippen molar-refractivity contribution >= 4 is 34.0 Å². The second-order valence-electron chi connectivity index (χ2n) is 5.00. The van der Waals surface area contributed by atoms with Crippen LogP contribution < -0.4 is 14.9 Å². The Hall–Kier alpha value is -2.87. The predicted octanol–water partition coefficient (Wildman–Crippen LogP) is 3.08. The quantitative estimate of drug-likeness (QED) is 0.505. The van der Waals surface area contributed by atoms with Crippen LogP contribution in [0.3, 0.4) is 0 Å². The number of amides is 1.